The lowest BCUT2D eigenvalue weighted by molar-refractivity contribution is 0.0743. The van der Waals surface area contributed by atoms with Gasteiger partial charge in [-0.1, -0.05) is 24.3 Å². The maximum absolute atomic E-state index is 12.2. The van der Waals surface area contributed by atoms with Gasteiger partial charge in [0.15, 0.2) is 0 Å². The quantitative estimate of drug-likeness (QED) is 0.767. The topological polar surface area (TPSA) is 68.5 Å². The van der Waals surface area contributed by atoms with Crippen molar-refractivity contribution in [1.29, 1.82) is 0 Å². The van der Waals surface area contributed by atoms with Gasteiger partial charge in [0, 0.05) is 20.0 Å². The first-order chi connectivity index (χ1) is 10.6. The van der Waals surface area contributed by atoms with Crippen molar-refractivity contribution in [3.8, 4) is 5.75 Å². The molecule has 0 saturated carbocycles. The monoisotopic (exact) mass is 301 g/mol. The highest BCUT2D eigenvalue weighted by Crippen LogP contribution is 2.13. The molecule has 1 aromatic carbocycles. The Labute approximate surface area is 129 Å². The van der Waals surface area contributed by atoms with Gasteiger partial charge in [-0.2, -0.15) is 0 Å². The van der Waals surface area contributed by atoms with Gasteiger partial charge in [0.05, 0.1) is 7.11 Å². The normalized spacial score (nSPS) is 10.9. The molecule has 2 aromatic rings. The number of allylic oxidation sites excluding steroid dienone is 2. The van der Waals surface area contributed by atoms with E-state index in [-0.39, 0.29) is 11.8 Å². The summed E-state index contributed by atoms with van der Waals surface area (Å²) in [6.45, 7) is 2.36. The van der Waals surface area contributed by atoms with E-state index in [0.29, 0.717) is 18.9 Å². The lowest BCUT2D eigenvalue weighted by atomic mass is 10.2. The molecule has 0 spiro atoms. The minimum absolute atomic E-state index is 0.00974. The molecule has 0 atom stereocenters. The van der Waals surface area contributed by atoms with Gasteiger partial charge >= 0.3 is 11.8 Å². The molecule has 1 amide bonds. The Morgan fingerprint density at radius 2 is 2.05 bits per heavy atom. The van der Waals surface area contributed by atoms with E-state index in [1.807, 2.05) is 43.3 Å². The molecular formula is C16H19N3O3. The number of ether oxygens (including phenoxy) is 1. The lowest BCUT2D eigenvalue weighted by Crippen LogP contribution is -2.26. The molecule has 0 fully saturated rings. The number of aromatic nitrogens is 2. The van der Waals surface area contributed by atoms with Crippen LogP contribution in [0.3, 0.4) is 0 Å². The van der Waals surface area contributed by atoms with E-state index in [2.05, 4.69) is 10.2 Å². The van der Waals surface area contributed by atoms with Crippen molar-refractivity contribution < 1.29 is 13.9 Å². The fourth-order valence-electron chi connectivity index (χ4n) is 1.88. The Morgan fingerprint density at radius 3 is 2.68 bits per heavy atom. The average molecular weight is 301 g/mol. The third-order valence-corrected chi connectivity index (χ3v) is 3.10. The molecule has 0 N–H and O–H groups in total. The third kappa shape index (κ3) is 3.94. The first kappa shape index (κ1) is 15.8. The molecule has 0 unspecified atom stereocenters. The highest BCUT2D eigenvalue weighted by atomic mass is 16.5. The summed E-state index contributed by atoms with van der Waals surface area (Å²) >= 11 is 0. The van der Waals surface area contributed by atoms with Gasteiger partial charge in [0.25, 0.3) is 0 Å². The second kappa shape index (κ2) is 7.40. The van der Waals surface area contributed by atoms with Crippen LogP contribution < -0.4 is 4.74 Å². The number of rotatable bonds is 6. The van der Waals surface area contributed by atoms with Gasteiger partial charge < -0.3 is 14.1 Å². The van der Waals surface area contributed by atoms with Gasteiger partial charge in [-0.25, -0.2) is 0 Å². The zero-order valence-corrected chi connectivity index (χ0v) is 12.9. The second-order valence-electron chi connectivity index (χ2n) is 4.78. The molecule has 1 aromatic heterocycles. The fraction of sp³-hybridized carbons (Fsp3) is 0.312. The second-order valence-corrected chi connectivity index (χ2v) is 4.78. The lowest BCUT2D eigenvalue weighted by Gasteiger charge is -2.15. The zero-order valence-electron chi connectivity index (χ0n) is 12.9. The van der Waals surface area contributed by atoms with Crippen LogP contribution in [0.2, 0.25) is 0 Å². The van der Waals surface area contributed by atoms with Crippen LogP contribution in [-0.4, -0.2) is 35.2 Å². The molecule has 6 heteroatoms. The molecule has 0 aliphatic heterocycles. The average Bonchev–Trinajstić information content (AvgIpc) is 3.01. The van der Waals surface area contributed by atoms with E-state index in [9.17, 15) is 4.79 Å². The molecule has 116 valence electrons. The molecule has 6 nitrogen and oxygen atoms in total. The summed E-state index contributed by atoms with van der Waals surface area (Å²) in [7, 11) is 3.31. The highest BCUT2D eigenvalue weighted by molar-refractivity contribution is 5.89. The molecular weight excluding hydrogens is 282 g/mol. The number of nitrogens with zero attached hydrogens (tertiary/aromatic N) is 3. The minimum Gasteiger partial charge on any atom is -0.497 e. The summed E-state index contributed by atoms with van der Waals surface area (Å²) in [5, 5.41) is 7.65. The van der Waals surface area contributed by atoms with E-state index < -0.39 is 0 Å². The number of benzene rings is 1. The number of hydrogen-bond donors (Lipinski definition) is 0. The van der Waals surface area contributed by atoms with E-state index in [0.717, 1.165) is 11.3 Å². The predicted octanol–water partition coefficient (Wildman–Crippen LogP) is 2.47. The van der Waals surface area contributed by atoms with Crippen LogP contribution in [0.25, 0.3) is 0 Å². The van der Waals surface area contributed by atoms with Crippen LogP contribution in [0.5, 0.6) is 5.75 Å². The Balaban J connectivity index is 2.00. The number of hydrogen-bond acceptors (Lipinski definition) is 5. The maximum atomic E-state index is 12.2. The highest BCUT2D eigenvalue weighted by Gasteiger charge is 2.19. The van der Waals surface area contributed by atoms with Gasteiger partial charge in [0.1, 0.15) is 5.75 Å². The third-order valence-electron chi connectivity index (χ3n) is 3.10. The Morgan fingerprint density at radius 1 is 1.32 bits per heavy atom. The first-order valence-corrected chi connectivity index (χ1v) is 6.96. The van der Waals surface area contributed by atoms with Crippen molar-refractivity contribution in [3.63, 3.8) is 0 Å². The van der Waals surface area contributed by atoms with E-state index in [1.54, 1.807) is 14.2 Å². The standard InChI is InChI=1S/C16H19N3O3/c1-4-5-6-14-17-18-15(22-14)16(20)19(2)11-12-7-9-13(21-3)10-8-12/h4-5,7-10H,6,11H2,1-3H3/b5-4+. The van der Waals surface area contributed by atoms with Gasteiger partial charge in [-0.05, 0) is 24.6 Å². The Bertz CT molecular complexity index is 647. The van der Waals surface area contributed by atoms with Gasteiger partial charge in [-0.3, -0.25) is 4.79 Å². The van der Waals surface area contributed by atoms with Crippen LogP contribution in [0.4, 0.5) is 0 Å². The van der Waals surface area contributed by atoms with Crippen molar-refractivity contribution in [2.45, 2.75) is 19.9 Å². The molecule has 22 heavy (non-hydrogen) atoms. The Kier molecular flexibility index (Phi) is 5.30. The fourth-order valence-corrected chi connectivity index (χ4v) is 1.88. The summed E-state index contributed by atoms with van der Waals surface area (Å²) in [6.07, 6.45) is 4.31. The number of carbonyl (C=O) groups is 1. The van der Waals surface area contributed by atoms with Gasteiger partial charge in [-0.15, -0.1) is 10.2 Å². The SMILES string of the molecule is C/C=C/Cc1nnc(C(=O)N(C)Cc2ccc(OC)cc2)o1. The van der Waals surface area contributed by atoms with E-state index in [1.165, 1.54) is 4.90 Å². The minimum atomic E-state index is -0.296. The van der Waals surface area contributed by atoms with Crippen LogP contribution in [0.15, 0.2) is 40.8 Å². The molecule has 1 heterocycles. The van der Waals surface area contributed by atoms with Crippen LogP contribution in [0.1, 0.15) is 29.1 Å². The van der Waals surface area contributed by atoms with Crippen LogP contribution >= 0.6 is 0 Å². The van der Waals surface area contributed by atoms with Crippen molar-refractivity contribution in [3.05, 3.63) is 53.8 Å². The summed E-state index contributed by atoms with van der Waals surface area (Å²) < 4.78 is 10.5. The molecule has 0 radical (unpaired) electrons. The zero-order chi connectivity index (χ0) is 15.9. The molecule has 2 rings (SSSR count). The Hall–Kier alpha value is -2.63. The molecule has 0 aliphatic rings. The largest absolute Gasteiger partial charge is 0.497 e. The van der Waals surface area contributed by atoms with Crippen molar-refractivity contribution in [2.75, 3.05) is 14.2 Å². The summed E-state index contributed by atoms with van der Waals surface area (Å²) in [6, 6.07) is 7.53. The van der Waals surface area contributed by atoms with E-state index in [4.69, 9.17) is 9.15 Å². The summed E-state index contributed by atoms with van der Waals surface area (Å²) in [5.74, 6) is 0.924. The van der Waals surface area contributed by atoms with Crippen LogP contribution in [0, 0.1) is 0 Å². The summed E-state index contributed by atoms with van der Waals surface area (Å²) in [4.78, 5) is 13.8. The number of carbonyl (C=O) groups excluding carboxylic acids is 1. The van der Waals surface area contributed by atoms with Crippen molar-refractivity contribution in [2.24, 2.45) is 0 Å². The number of amides is 1. The van der Waals surface area contributed by atoms with Gasteiger partial charge in [0.2, 0.25) is 5.89 Å². The van der Waals surface area contributed by atoms with Crippen molar-refractivity contribution in [1.82, 2.24) is 15.1 Å². The maximum Gasteiger partial charge on any atom is 0.311 e. The molecule has 0 bridgehead atoms. The van der Waals surface area contributed by atoms with Crippen molar-refractivity contribution >= 4 is 5.91 Å². The smallest absolute Gasteiger partial charge is 0.311 e. The predicted molar refractivity (Wildman–Crippen MR) is 81.6 cm³/mol. The molecule has 0 aliphatic carbocycles. The first-order valence-electron chi connectivity index (χ1n) is 6.96. The van der Waals surface area contributed by atoms with Crippen LogP contribution in [-0.2, 0) is 13.0 Å². The number of methoxy groups -OCH3 is 1. The molecule has 0 saturated heterocycles. The van der Waals surface area contributed by atoms with E-state index >= 15 is 0 Å². The summed E-state index contributed by atoms with van der Waals surface area (Å²) in [5.41, 5.74) is 0.991.